The molecule has 1 atom stereocenters. The third-order valence-electron chi connectivity index (χ3n) is 3.56. The topological polar surface area (TPSA) is 95.5 Å². The SMILES string of the molecule is O=C(O)C1Cc2cc(NS(=O)(=O)c3cc(Cl)cc(Cl)c3)ccc2N1. The van der Waals surface area contributed by atoms with Gasteiger partial charge in [0.05, 0.1) is 4.90 Å². The summed E-state index contributed by atoms with van der Waals surface area (Å²) in [5.74, 6) is -0.957. The van der Waals surface area contributed by atoms with Gasteiger partial charge in [-0.1, -0.05) is 23.2 Å². The number of hydrogen-bond donors (Lipinski definition) is 3. The lowest BCUT2D eigenvalue weighted by Crippen LogP contribution is -2.26. The third kappa shape index (κ3) is 3.43. The molecule has 2 aromatic carbocycles. The number of sulfonamides is 1. The van der Waals surface area contributed by atoms with Crippen molar-refractivity contribution in [2.24, 2.45) is 0 Å². The number of rotatable bonds is 4. The summed E-state index contributed by atoms with van der Waals surface area (Å²) >= 11 is 11.7. The van der Waals surface area contributed by atoms with E-state index in [0.717, 1.165) is 5.56 Å². The van der Waals surface area contributed by atoms with Crippen LogP contribution in [0, 0.1) is 0 Å². The molecule has 1 unspecified atom stereocenters. The molecule has 6 nitrogen and oxygen atoms in total. The number of anilines is 2. The summed E-state index contributed by atoms with van der Waals surface area (Å²) in [6.07, 6.45) is 0.281. The molecule has 126 valence electrons. The quantitative estimate of drug-likeness (QED) is 0.749. The van der Waals surface area contributed by atoms with E-state index in [9.17, 15) is 13.2 Å². The molecule has 0 amide bonds. The first-order chi connectivity index (χ1) is 11.2. The molecule has 0 bridgehead atoms. The van der Waals surface area contributed by atoms with E-state index in [1.807, 2.05) is 0 Å². The summed E-state index contributed by atoms with van der Waals surface area (Å²) in [6.45, 7) is 0. The summed E-state index contributed by atoms with van der Waals surface area (Å²) < 4.78 is 27.3. The highest BCUT2D eigenvalue weighted by molar-refractivity contribution is 7.92. The number of aliphatic carboxylic acids is 1. The standard InChI is InChI=1S/C15H12Cl2N2O4S/c16-9-5-10(17)7-12(6-9)24(22,23)19-11-1-2-13-8(3-11)4-14(18-13)15(20)21/h1-3,5-7,14,18-19H,4H2,(H,20,21). The van der Waals surface area contributed by atoms with Gasteiger partial charge in [-0.15, -0.1) is 0 Å². The molecular weight excluding hydrogens is 375 g/mol. The van der Waals surface area contributed by atoms with Gasteiger partial charge < -0.3 is 10.4 Å². The Balaban J connectivity index is 1.87. The second kappa shape index (κ2) is 6.16. The molecule has 0 aromatic heterocycles. The second-order valence-electron chi connectivity index (χ2n) is 5.32. The van der Waals surface area contributed by atoms with Gasteiger partial charge in [-0.05, 0) is 42.0 Å². The van der Waals surface area contributed by atoms with Gasteiger partial charge in [0.1, 0.15) is 6.04 Å². The van der Waals surface area contributed by atoms with Gasteiger partial charge in [0.2, 0.25) is 0 Å². The van der Waals surface area contributed by atoms with E-state index >= 15 is 0 Å². The highest BCUT2D eigenvalue weighted by Gasteiger charge is 2.26. The van der Waals surface area contributed by atoms with Crippen molar-refractivity contribution in [1.29, 1.82) is 0 Å². The first-order valence-corrected chi connectivity index (χ1v) is 9.10. The van der Waals surface area contributed by atoms with Crippen LogP contribution >= 0.6 is 23.2 Å². The van der Waals surface area contributed by atoms with E-state index in [0.29, 0.717) is 11.4 Å². The maximum absolute atomic E-state index is 12.4. The van der Waals surface area contributed by atoms with E-state index in [1.54, 1.807) is 18.2 Å². The van der Waals surface area contributed by atoms with Crippen LogP contribution in [-0.4, -0.2) is 25.5 Å². The average molecular weight is 387 g/mol. The lowest BCUT2D eigenvalue weighted by atomic mass is 10.1. The van der Waals surface area contributed by atoms with Crippen molar-refractivity contribution >= 4 is 50.6 Å². The van der Waals surface area contributed by atoms with Crippen molar-refractivity contribution < 1.29 is 18.3 Å². The minimum atomic E-state index is -3.86. The Morgan fingerprint density at radius 1 is 1.17 bits per heavy atom. The summed E-state index contributed by atoms with van der Waals surface area (Å²) in [7, 11) is -3.86. The molecule has 0 saturated carbocycles. The predicted octanol–water partition coefficient (Wildman–Crippen LogP) is 3.22. The van der Waals surface area contributed by atoms with Gasteiger partial charge in [-0.2, -0.15) is 0 Å². The molecule has 3 N–H and O–H groups in total. The van der Waals surface area contributed by atoms with Crippen LogP contribution in [0.25, 0.3) is 0 Å². The van der Waals surface area contributed by atoms with Gasteiger partial charge in [0, 0.05) is 27.8 Å². The maximum Gasteiger partial charge on any atom is 0.326 e. The van der Waals surface area contributed by atoms with Gasteiger partial charge >= 0.3 is 5.97 Å². The second-order valence-corrected chi connectivity index (χ2v) is 7.88. The number of carboxylic acids is 1. The van der Waals surface area contributed by atoms with Crippen molar-refractivity contribution in [2.75, 3.05) is 10.0 Å². The summed E-state index contributed by atoms with van der Waals surface area (Å²) in [6, 6.07) is 8.13. The number of halogens is 2. The normalized spacial score (nSPS) is 16.3. The molecule has 1 aliphatic rings. The predicted molar refractivity (Wildman–Crippen MR) is 92.5 cm³/mol. The lowest BCUT2D eigenvalue weighted by Gasteiger charge is -2.10. The minimum absolute atomic E-state index is 0.0537. The zero-order valence-electron chi connectivity index (χ0n) is 12.1. The molecular formula is C15H12Cl2N2O4S. The molecule has 9 heteroatoms. The highest BCUT2D eigenvalue weighted by Crippen LogP contribution is 2.30. The molecule has 2 aromatic rings. The van der Waals surface area contributed by atoms with E-state index in [-0.39, 0.29) is 21.4 Å². The van der Waals surface area contributed by atoms with Gasteiger partial charge in [0.25, 0.3) is 10.0 Å². The fourth-order valence-corrected chi connectivity index (χ4v) is 4.25. The highest BCUT2D eigenvalue weighted by atomic mass is 35.5. The van der Waals surface area contributed by atoms with Crippen LogP contribution in [0.5, 0.6) is 0 Å². The van der Waals surface area contributed by atoms with Crippen LogP contribution in [0.3, 0.4) is 0 Å². The Labute approximate surface area is 148 Å². The van der Waals surface area contributed by atoms with Crippen LogP contribution < -0.4 is 10.0 Å². The molecule has 0 spiro atoms. The smallest absolute Gasteiger partial charge is 0.326 e. The van der Waals surface area contributed by atoms with E-state index in [1.165, 1.54) is 18.2 Å². The summed E-state index contributed by atoms with van der Waals surface area (Å²) in [4.78, 5) is 11.0. The molecule has 0 fully saturated rings. The van der Waals surface area contributed by atoms with Gasteiger partial charge in [-0.25, -0.2) is 13.2 Å². The number of hydrogen-bond acceptors (Lipinski definition) is 4. The number of nitrogens with one attached hydrogen (secondary N) is 2. The van der Waals surface area contributed by atoms with Crippen LogP contribution in [-0.2, 0) is 21.2 Å². The fourth-order valence-electron chi connectivity index (χ4n) is 2.47. The maximum atomic E-state index is 12.4. The van der Waals surface area contributed by atoms with Crippen molar-refractivity contribution in [2.45, 2.75) is 17.4 Å². The van der Waals surface area contributed by atoms with E-state index in [2.05, 4.69) is 10.0 Å². The van der Waals surface area contributed by atoms with Crippen molar-refractivity contribution in [1.82, 2.24) is 0 Å². The Kier molecular flexibility index (Phi) is 4.33. The fraction of sp³-hybridized carbons (Fsp3) is 0.133. The first-order valence-electron chi connectivity index (χ1n) is 6.86. The van der Waals surface area contributed by atoms with Crippen molar-refractivity contribution in [3.63, 3.8) is 0 Å². The van der Waals surface area contributed by atoms with Gasteiger partial charge in [-0.3, -0.25) is 4.72 Å². The first kappa shape index (κ1) is 16.9. The van der Waals surface area contributed by atoms with Crippen molar-refractivity contribution in [3.8, 4) is 0 Å². The zero-order chi connectivity index (χ0) is 17.5. The Hall–Kier alpha value is -1.96. The lowest BCUT2D eigenvalue weighted by molar-refractivity contribution is -0.137. The van der Waals surface area contributed by atoms with Crippen LogP contribution in [0.1, 0.15) is 5.56 Å². The molecule has 3 rings (SSSR count). The zero-order valence-corrected chi connectivity index (χ0v) is 14.4. The number of benzene rings is 2. The largest absolute Gasteiger partial charge is 0.480 e. The van der Waals surface area contributed by atoms with Gasteiger partial charge in [0.15, 0.2) is 0 Å². The molecule has 0 saturated heterocycles. The minimum Gasteiger partial charge on any atom is -0.480 e. The molecule has 1 aliphatic heterocycles. The summed E-state index contributed by atoms with van der Waals surface area (Å²) in [5.41, 5.74) is 1.74. The van der Waals surface area contributed by atoms with Crippen molar-refractivity contribution in [3.05, 3.63) is 52.0 Å². The van der Waals surface area contributed by atoms with Crippen LogP contribution in [0.4, 0.5) is 11.4 Å². The van der Waals surface area contributed by atoms with E-state index in [4.69, 9.17) is 28.3 Å². The average Bonchev–Trinajstić information content (AvgIpc) is 2.89. The molecule has 24 heavy (non-hydrogen) atoms. The Morgan fingerprint density at radius 3 is 2.46 bits per heavy atom. The van der Waals surface area contributed by atoms with Crippen LogP contribution in [0.15, 0.2) is 41.3 Å². The number of carboxylic acid groups (broad SMARTS) is 1. The van der Waals surface area contributed by atoms with E-state index < -0.39 is 22.0 Å². The summed E-state index contributed by atoms with van der Waals surface area (Å²) in [5, 5.41) is 12.3. The van der Waals surface area contributed by atoms with Crippen LogP contribution in [0.2, 0.25) is 10.0 Å². The Morgan fingerprint density at radius 2 is 1.83 bits per heavy atom. The molecule has 0 aliphatic carbocycles. The molecule has 1 heterocycles. The number of fused-ring (bicyclic) bond motifs is 1. The number of carbonyl (C=O) groups is 1. The monoisotopic (exact) mass is 386 g/mol. The third-order valence-corrected chi connectivity index (χ3v) is 5.35. The Bertz CT molecular complexity index is 911. The molecule has 0 radical (unpaired) electrons.